The van der Waals surface area contributed by atoms with Crippen molar-refractivity contribution in [2.45, 2.75) is 34.2 Å². The van der Waals surface area contributed by atoms with Crippen molar-refractivity contribution in [3.8, 4) is 6.07 Å². The number of carbonyl (C=O) groups is 1. The molecule has 0 N–H and O–H groups in total. The van der Waals surface area contributed by atoms with Gasteiger partial charge >= 0.3 is 0 Å². The van der Waals surface area contributed by atoms with Crippen LogP contribution in [0.2, 0.25) is 0 Å². The van der Waals surface area contributed by atoms with Crippen molar-refractivity contribution in [1.29, 1.82) is 5.26 Å². The maximum atomic E-state index is 13.8. The van der Waals surface area contributed by atoms with E-state index in [1.165, 1.54) is 18.2 Å². The van der Waals surface area contributed by atoms with Gasteiger partial charge in [0.2, 0.25) is 5.78 Å². The lowest BCUT2D eigenvalue weighted by Crippen LogP contribution is -2.08. The van der Waals surface area contributed by atoms with Crippen molar-refractivity contribution in [3.05, 3.63) is 64.2 Å². The Morgan fingerprint density at radius 1 is 1.33 bits per heavy atom. The van der Waals surface area contributed by atoms with Gasteiger partial charge in [0.1, 0.15) is 17.5 Å². The molecule has 0 saturated heterocycles. The van der Waals surface area contributed by atoms with Crippen LogP contribution in [0.15, 0.2) is 35.9 Å². The molecule has 0 atom stereocenters. The second-order valence-electron chi connectivity index (χ2n) is 6.31. The first-order valence-corrected chi connectivity index (χ1v) is 7.93. The molecule has 0 radical (unpaired) electrons. The second kappa shape index (κ2) is 7.27. The summed E-state index contributed by atoms with van der Waals surface area (Å²) in [6.07, 6.45) is 1.55. The number of hydrogen-bond donors (Lipinski definition) is 0. The van der Waals surface area contributed by atoms with Crippen molar-refractivity contribution in [3.63, 3.8) is 0 Å². The quantitative estimate of drug-likeness (QED) is 0.455. The average molecular weight is 324 g/mol. The molecule has 24 heavy (non-hydrogen) atoms. The smallest absolute Gasteiger partial charge is 0.206 e. The van der Waals surface area contributed by atoms with Crippen LogP contribution in [0.1, 0.15) is 41.2 Å². The summed E-state index contributed by atoms with van der Waals surface area (Å²) in [4.78, 5) is 12.4. The van der Waals surface area contributed by atoms with E-state index in [1.54, 1.807) is 12.1 Å². The zero-order chi connectivity index (χ0) is 17.9. The molecule has 0 aliphatic carbocycles. The molecule has 0 aliphatic heterocycles. The number of nitriles is 1. The van der Waals surface area contributed by atoms with Crippen LogP contribution in [0, 0.1) is 36.9 Å². The van der Waals surface area contributed by atoms with Gasteiger partial charge in [0.25, 0.3) is 0 Å². The number of halogens is 1. The highest BCUT2D eigenvalue weighted by atomic mass is 19.1. The lowest BCUT2D eigenvalue weighted by molar-refractivity contribution is 0.103. The third kappa shape index (κ3) is 3.62. The summed E-state index contributed by atoms with van der Waals surface area (Å²) in [6, 6.07) is 9.57. The van der Waals surface area contributed by atoms with Gasteiger partial charge in [-0.05, 0) is 49.6 Å². The Labute approximate surface area is 142 Å². The minimum Gasteiger partial charge on any atom is -0.348 e. The van der Waals surface area contributed by atoms with Crippen molar-refractivity contribution in [2.75, 3.05) is 0 Å². The Bertz CT molecular complexity index is 838. The Kier molecular flexibility index (Phi) is 5.35. The maximum Gasteiger partial charge on any atom is 0.206 e. The SMILES string of the molecule is Cc1cc(/C=C(\C#N)C(=O)c2ccccc2F)c(C)n1CC(C)C. The van der Waals surface area contributed by atoms with Crippen LogP contribution in [0.4, 0.5) is 4.39 Å². The summed E-state index contributed by atoms with van der Waals surface area (Å²) < 4.78 is 16.0. The molecule has 0 fully saturated rings. The molecule has 0 spiro atoms. The molecule has 1 heterocycles. The summed E-state index contributed by atoms with van der Waals surface area (Å²) in [5.74, 6) is -0.722. The van der Waals surface area contributed by atoms with Crippen molar-refractivity contribution in [1.82, 2.24) is 4.57 Å². The van der Waals surface area contributed by atoms with Gasteiger partial charge in [0.15, 0.2) is 0 Å². The van der Waals surface area contributed by atoms with E-state index in [-0.39, 0.29) is 11.1 Å². The van der Waals surface area contributed by atoms with Crippen LogP contribution in [0.3, 0.4) is 0 Å². The fourth-order valence-corrected chi connectivity index (χ4v) is 2.71. The minimum absolute atomic E-state index is 0.0649. The summed E-state index contributed by atoms with van der Waals surface area (Å²) in [5, 5.41) is 9.35. The normalized spacial score (nSPS) is 11.6. The van der Waals surface area contributed by atoms with Crippen LogP contribution in [0.5, 0.6) is 0 Å². The Hall–Kier alpha value is -2.67. The van der Waals surface area contributed by atoms with Crippen LogP contribution >= 0.6 is 0 Å². The first kappa shape index (κ1) is 17.7. The van der Waals surface area contributed by atoms with Gasteiger partial charge in [-0.15, -0.1) is 0 Å². The second-order valence-corrected chi connectivity index (χ2v) is 6.31. The molecule has 124 valence electrons. The molecule has 0 unspecified atom stereocenters. The number of carbonyl (C=O) groups excluding carboxylic acids is 1. The third-order valence-corrected chi connectivity index (χ3v) is 3.94. The number of rotatable bonds is 5. The fourth-order valence-electron chi connectivity index (χ4n) is 2.71. The molecule has 0 amide bonds. The fraction of sp³-hybridized carbons (Fsp3) is 0.300. The van der Waals surface area contributed by atoms with Gasteiger partial charge in [-0.3, -0.25) is 4.79 Å². The molecule has 1 aromatic heterocycles. The summed E-state index contributed by atoms with van der Waals surface area (Å²) >= 11 is 0. The van der Waals surface area contributed by atoms with E-state index in [2.05, 4.69) is 18.4 Å². The number of ketones is 1. The minimum atomic E-state index is -0.617. The molecule has 0 bridgehead atoms. The van der Waals surface area contributed by atoms with Gasteiger partial charge in [-0.25, -0.2) is 4.39 Å². The summed E-state index contributed by atoms with van der Waals surface area (Å²) in [6.45, 7) is 9.10. The molecule has 4 heteroatoms. The van der Waals surface area contributed by atoms with Crippen LogP contribution in [-0.4, -0.2) is 10.4 Å². The predicted molar refractivity (Wildman–Crippen MR) is 93.1 cm³/mol. The molecular formula is C20H21FN2O. The highest BCUT2D eigenvalue weighted by Crippen LogP contribution is 2.21. The van der Waals surface area contributed by atoms with E-state index >= 15 is 0 Å². The number of aryl methyl sites for hydroxylation is 1. The average Bonchev–Trinajstić information content (AvgIpc) is 2.79. The zero-order valence-electron chi connectivity index (χ0n) is 14.4. The summed E-state index contributed by atoms with van der Waals surface area (Å²) in [5.41, 5.74) is 2.74. The number of Topliss-reactive ketones (excluding diaryl/α,β-unsaturated/α-hetero) is 1. The van der Waals surface area contributed by atoms with E-state index < -0.39 is 11.6 Å². The first-order chi connectivity index (χ1) is 11.3. The Morgan fingerprint density at radius 2 is 2.00 bits per heavy atom. The number of hydrogen-bond acceptors (Lipinski definition) is 2. The highest BCUT2D eigenvalue weighted by Gasteiger charge is 2.17. The molecule has 0 aliphatic rings. The van der Waals surface area contributed by atoms with Crippen molar-refractivity contribution in [2.24, 2.45) is 5.92 Å². The first-order valence-electron chi connectivity index (χ1n) is 7.93. The Balaban J connectivity index is 2.44. The lowest BCUT2D eigenvalue weighted by atomic mass is 10.0. The standard InChI is InChI=1S/C20H21FN2O/c1-13(2)12-23-14(3)9-16(15(23)4)10-17(11-22)20(24)18-7-5-6-8-19(18)21/h5-10,13H,12H2,1-4H3/b17-10+. The van der Waals surface area contributed by atoms with Crippen molar-refractivity contribution >= 4 is 11.9 Å². The van der Waals surface area contributed by atoms with Gasteiger partial charge < -0.3 is 4.57 Å². The molecule has 2 aromatic rings. The zero-order valence-corrected chi connectivity index (χ0v) is 14.4. The topological polar surface area (TPSA) is 45.8 Å². The Morgan fingerprint density at radius 3 is 2.58 bits per heavy atom. The number of benzene rings is 1. The summed E-state index contributed by atoms with van der Waals surface area (Å²) in [7, 11) is 0. The molecular weight excluding hydrogens is 303 g/mol. The molecule has 2 rings (SSSR count). The van der Waals surface area contributed by atoms with E-state index in [0.29, 0.717) is 5.92 Å². The molecule has 1 aromatic carbocycles. The highest BCUT2D eigenvalue weighted by molar-refractivity contribution is 6.14. The maximum absolute atomic E-state index is 13.8. The van der Waals surface area contributed by atoms with E-state index in [4.69, 9.17) is 0 Å². The van der Waals surface area contributed by atoms with Gasteiger partial charge in [-0.1, -0.05) is 26.0 Å². The predicted octanol–water partition coefficient (Wildman–Crippen LogP) is 4.69. The largest absolute Gasteiger partial charge is 0.348 e. The van der Waals surface area contributed by atoms with Crippen LogP contribution in [0.25, 0.3) is 6.08 Å². The molecule has 0 saturated carbocycles. The molecule has 3 nitrogen and oxygen atoms in total. The van der Waals surface area contributed by atoms with Crippen LogP contribution in [-0.2, 0) is 6.54 Å². The number of allylic oxidation sites excluding steroid dienone is 1. The van der Waals surface area contributed by atoms with Gasteiger partial charge in [0.05, 0.1) is 5.56 Å². The number of nitrogens with zero attached hydrogens (tertiary/aromatic N) is 2. The van der Waals surface area contributed by atoms with Crippen molar-refractivity contribution < 1.29 is 9.18 Å². The third-order valence-electron chi connectivity index (χ3n) is 3.94. The van der Waals surface area contributed by atoms with E-state index in [1.807, 2.05) is 26.0 Å². The van der Waals surface area contributed by atoms with Crippen LogP contribution < -0.4 is 0 Å². The van der Waals surface area contributed by atoms with Gasteiger partial charge in [-0.2, -0.15) is 5.26 Å². The van der Waals surface area contributed by atoms with E-state index in [9.17, 15) is 14.4 Å². The van der Waals surface area contributed by atoms with Gasteiger partial charge in [0, 0.05) is 17.9 Å². The lowest BCUT2D eigenvalue weighted by Gasteiger charge is -2.12. The number of aromatic nitrogens is 1. The monoisotopic (exact) mass is 324 g/mol. The van der Waals surface area contributed by atoms with E-state index in [0.717, 1.165) is 23.5 Å².